The van der Waals surface area contributed by atoms with Gasteiger partial charge in [0.15, 0.2) is 0 Å². The van der Waals surface area contributed by atoms with Crippen LogP contribution in [0.5, 0.6) is 5.75 Å². The van der Waals surface area contributed by atoms with Crippen molar-refractivity contribution in [3.8, 4) is 17.0 Å². The van der Waals surface area contributed by atoms with Gasteiger partial charge in [0.2, 0.25) is 11.9 Å². The second kappa shape index (κ2) is 14.1. The zero-order chi connectivity index (χ0) is 31.0. The molecule has 0 spiro atoms. The van der Waals surface area contributed by atoms with Crippen molar-refractivity contribution in [1.29, 1.82) is 5.41 Å². The third-order valence-corrected chi connectivity index (χ3v) is 6.30. The van der Waals surface area contributed by atoms with Gasteiger partial charge < -0.3 is 19.3 Å². The Morgan fingerprint density at radius 1 is 1.19 bits per heavy atom. The van der Waals surface area contributed by atoms with Crippen LogP contribution < -0.4 is 15.4 Å². The van der Waals surface area contributed by atoms with Crippen LogP contribution in [0.15, 0.2) is 59.6 Å². The predicted octanol–water partition coefficient (Wildman–Crippen LogP) is 6.30. The number of ether oxygens (including phenoxy) is 2. The molecular formula is C29H31BrClN5O6. The maximum atomic E-state index is 14.0. The van der Waals surface area contributed by atoms with Crippen LogP contribution in [-0.2, 0) is 16.1 Å². The average Bonchev–Trinajstić information content (AvgIpc) is 3.31. The Hall–Kier alpha value is -4.16. The third-order valence-electron chi connectivity index (χ3n) is 5.48. The van der Waals surface area contributed by atoms with Gasteiger partial charge in [0.05, 0.1) is 22.6 Å². The number of guanidine groups is 1. The smallest absolute Gasteiger partial charge is 0.414 e. The van der Waals surface area contributed by atoms with Gasteiger partial charge in [0.25, 0.3) is 5.91 Å². The summed E-state index contributed by atoms with van der Waals surface area (Å²) in [6.07, 6.45) is 0.717. The predicted molar refractivity (Wildman–Crippen MR) is 163 cm³/mol. The van der Waals surface area contributed by atoms with Crippen molar-refractivity contribution in [3.05, 3.63) is 77.0 Å². The maximum absolute atomic E-state index is 14.0. The summed E-state index contributed by atoms with van der Waals surface area (Å²) in [5.74, 6) is -0.681. The van der Waals surface area contributed by atoms with Crippen LogP contribution >= 0.6 is 27.5 Å². The summed E-state index contributed by atoms with van der Waals surface area (Å²) in [6.45, 7) is 10.4. The monoisotopic (exact) mass is 659 g/mol. The van der Waals surface area contributed by atoms with E-state index in [0.29, 0.717) is 29.2 Å². The number of nitrogens with zero attached hydrogens (tertiary/aromatic N) is 2. The molecule has 3 N–H and O–H groups in total. The van der Waals surface area contributed by atoms with Crippen molar-refractivity contribution < 1.29 is 28.4 Å². The molecule has 0 saturated carbocycles. The fourth-order valence-electron chi connectivity index (χ4n) is 3.66. The second-order valence-electron chi connectivity index (χ2n) is 9.95. The lowest BCUT2D eigenvalue weighted by molar-refractivity contribution is -0.113. The summed E-state index contributed by atoms with van der Waals surface area (Å²) >= 11 is 9.47. The first-order valence-electron chi connectivity index (χ1n) is 12.7. The van der Waals surface area contributed by atoms with Gasteiger partial charge in [-0.15, -0.1) is 0 Å². The number of amides is 3. The van der Waals surface area contributed by atoms with Gasteiger partial charge in [-0.05, 0) is 69.7 Å². The Bertz CT molecular complexity index is 1480. The number of hydrogen-bond donors (Lipinski definition) is 3. The number of benzene rings is 2. The SMILES string of the molecule is C=CCOc1ccc(-c2noc(C)c2C(=O)N(Cc2ccc(NC(=O)CBr)c(Cl)c2)C(=N)NC(=O)OC(C)(C)C)cc1. The zero-order valence-electron chi connectivity index (χ0n) is 23.5. The third kappa shape index (κ3) is 8.67. The minimum atomic E-state index is -0.909. The van der Waals surface area contributed by atoms with E-state index in [9.17, 15) is 14.4 Å². The molecule has 13 heteroatoms. The van der Waals surface area contributed by atoms with Crippen molar-refractivity contribution in [2.75, 3.05) is 17.3 Å². The number of rotatable bonds is 9. The van der Waals surface area contributed by atoms with Crippen molar-refractivity contribution in [3.63, 3.8) is 0 Å². The quantitative estimate of drug-likeness (QED) is 0.106. The normalized spacial score (nSPS) is 10.9. The lowest BCUT2D eigenvalue weighted by Crippen LogP contribution is -2.47. The molecule has 3 rings (SSSR count). The van der Waals surface area contributed by atoms with Crippen LogP contribution in [0.2, 0.25) is 5.02 Å². The number of alkyl halides is 1. The number of hydrogen-bond acceptors (Lipinski definition) is 8. The highest BCUT2D eigenvalue weighted by Crippen LogP contribution is 2.29. The van der Waals surface area contributed by atoms with Gasteiger partial charge in [-0.3, -0.25) is 25.2 Å². The van der Waals surface area contributed by atoms with Crippen molar-refractivity contribution in [1.82, 2.24) is 15.4 Å². The number of aryl methyl sites for hydroxylation is 1. The molecular weight excluding hydrogens is 630 g/mol. The first kappa shape index (κ1) is 32.4. The molecule has 0 bridgehead atoms. The highest BCUT2D eigenvalue weighted by atomic mass is 79.9. The number of alkyl carbamates (subject to hydrolysis) is 1. The van der Waals surface area contributed by atoms with E-state index in [1.54, 1.807) is 76.2 Å². The fourth-order valence-corrected chi connectivity index (χ4v) is 4.06. The molecule has 0 fully saturated rings. The molecule has 222 valence electrons. The molecule has 0 aliphatic carbocycles. The number of halogens is 2. The van der Waals surface area contributed by atoms with Crippen molar-refractivity contribution in [2.45, 2.75) is 39.8 Å². The number of nitrogens with one attached hydrogen (secondary N) is 3. The van der Waals surface area contributed by atoms with Crippen LogP contribution in [0.25, 0.3) is 11.3 Å². The summed E-state index contributed by atoms with van der Waals surface area (Å²) in [7, 11) is 0. The molecule has 3 amide bonds. The molecule has 3 aromatic rings. The molecule has 1 heterocycles. The van der Waals surface area contributed by atoms with Gasteiger partial charge in [0.1, 0.15) is 35.0 Å². The molecule has 0 atom stereocenters. The molecule has 0 unspecified atom stereocenters. The molecule has 42 heavy (non-hydrogen) atoms. The molecule has 0 radical (unpaired) electrons. The van der Waals surface area contributed by atoms with Crippen LogP contribution in [0.1, 0.15) is 42.5 Å². The number of carbonyl (C=O) groups excluding carboxylic acids is 3. The average molecular weight is 661 g/mol. The summed E-state index contributed by atoms with van der Waals surface area (Å²) < 4.78 is 16.2. The van der Waals surface area contributed by atoms with Crippen molar-refractivity contribution in [2.24, 2.45) is 0 Å². The second-order valence-corrected chi connectivity index (χ2v) is 10.9. The van der Waals surface area contributed by atoms with Gasteiger partial charge in [-0.25, -0.2) is 4.79 Å². The van der Waals surface area contributed by atoms with Crippen LogP contribution in [0.3, 0.4) is 0 Å². The molecule has 2 aromatic carbocycles. The Kier molecular flexibility index (Phi) is 10.9. The van der Waals surface area contributed by atoms with E-state index in [-0.39, 0.29) is 39.8 Å². The standard InChI is InChI=1S/C29H31BrClN5O6/c1-6-13-40-20-10-8-19(9-11-20)25-24(17(2)42-35-25)26(38)36(27(32)34-28(39)41-29(3,4)5)16-18-7-12-22(21(31)14-18)33-23(37)15-30/h6-12,14H,1,13,15-16H2,2-5H3,(H,33,37)(H2,32,34,39). The number of aromatic nitrogens is 1. The minimum absolute atomic E-state index is 0.0891. The first-order chi connectivity index (χ1) is 19.8. The summed E-state index contributed by atoms with van der Waals surface area (Å²) in [5.41, 5.74) is 0.971. The highest BCUT2D eigenvalue weighted by molar-refractivity contribution is 9.09. The van der Waals surface area contributed by atoms with E-state index in [1.807, 2.05) is 0 Å². The Labute approximate surface area is 256 Å². The molecule has 0 aliphatic rings. The van der Waals surface area contributed by atoms with E-state index in [4.69, 9.17) is 31.0 Å². The number of anilines is 1. The highest BCUT2D eigenvalue weighted by Gasteiger charge is 2.30. The van der Waals surface area contributed by atoms with Gasteiger partial charge in [-0.1, -0.05) is 51.4 Å². The van der Waals surface area contributed by atoms with E-state index < -0.39 is 23.6 Å². The Morgan fingerprint density at radius 2 is 1.88 bits per heavy atom. The van der Waals surface area contributed by atoms with Gasteiger partial charge in [0, 0.05) is 5.56 Å². The molecule has 1 aromatic heterocycles. The van der Waals surface area contributed by atoms with Crippen LogP contribution in [0, 0.1) is 12.3 Å². The summed E-state index contributed by atoms with van der Waals surface area (Å²) in [4.78, 5) is 39.4. The summed E-state index contributed by atoms with van der Waals surface area (Å²) in [5, 5.41) is 18.0. The summed E-state index contributed by atoms with van der Waals surface area (Å²) in [6, 6.07) is 11.7. The lowest BCUT2D eigenvalue weighted by atomic mass is 10.0. The van der Waals surface area contributed by atoms with Gasteiger partial charge >= 0.3 is 6.09 Å². The Balaban J connectivity index is 1.97. The fraction of sp³-hybridized carbons (Fsp3) is 0.276. The largest absolute Gasteiger partial charge is 0.490 e. The molecule has 11 nitrogen and oxygen atoms in total. The van der Waals surface area contributed by atoms with Crippen LogP contribution in [0.4, 0.5) is 10.5 Å². The van der Waals surface area contributed by atoms with Crippen molar-refractivity contribution >= 4 is 57.1 Å². The molecule has 0 saturated heterocycles. The maximum Gasteiger partial charge on any atom is 0.414 e. The first-order valence-corrected chi connectivity index (χ1v) is 14.2. The zero-order valence-corrected chi connectivity index (χ0v) is 25.9. The topological polar surface area (TPSA) is 147 Å². The lowest BCUT2D eigenvalue weighted by Gasteiger charge is -2.25. The van der Waals surface area contributed by atoms with E-state index in [2.05, 4.69) is 38.3 Å². The van der Waals surface area contributed by atoms with Gasteiger partial charge in [-0.2, -0.15) is 0 Å². The molecule has 0 aliphatic heterocycles. The Morgan fingerprint density at radius 3 is 2.48 bits per heavy atom. The number of carbonyl (C=O) groups is 3. The van der Waals surface area contributed by atoms with E-state index >= 15 is 0 Å². The minimum Gasteiger partial charge on any atom is -0.490 e. The van der Waals surface area contributed by atoms with E-state index in [1.165, 1.54) is 0 Å². The van der Waals surface area contributed by atoms with E-state index in [0.717, 1.165) is 4.90 Å². The van der Waals surface area contributed by atoms with Crippen LogP contribution in [-0.4, -0.2) is 51.5 Å².